The Kier molecular flexibility index (Phi) is 2.67. The highest BCUT2D eigenvalue weighted by Crippen LogP contribution is 2.46. The summed E-state index contributed by atoms with van der Waals surface area (Å²) in [7, 11) is 0. The zero-order valence-electron chi connectivity index (χ0n) is 10.6. The zero-order chi connectivity index (χ0) is 12.5. The van der Waals surface area contributed by atoms with Gasteiger partial charge in [0.2, 0.25) is 0 Å². The summed E-state index contributed by atoms with van der Waals surface area (Å²) < 4.78 is 0. The molecule has 0 fully saturated rings. The minimum atomic E-state index is 0.289. The molecule has 18 heavy (non-hydrogen) atoms. The van der Waals surface area contributed by atoms with Crippen LogP contribution in [0.1, 0.15) is 24.0 Å². The second-order valence-electron chi connectivity index (χ2n) is 4.66. The van der Waals surface area contributed by atoms with Crippen LogP contribution in [0.5, 0.6) is 0 Å². The molecule has 2 aromatic rings. The lowest BCUT2D eigenvalue weighted by molar-refractivity contribution is 0.777. The molecule has 0 unspecified atom stereocenters. The molecule has 0 saturated heterocycles. The fourth-order valence-electron chi connectivity index (χ4n) is 2.86. The maximum Gasteiger partial charge on any atom is 0.0493 e. The lowest BCUT2D eigenvalue weighted by Crippen LogP contribution is -2.17. The average Bonchev–Trinajstić information content (AvgIpc) is 2.73. The number of allylic oxidation sites excluding steroid dienone is 1. The second kappa shape index (κ2) is 4.34. The van der Waals surface area contributed by atoms with Gasteiger partial charge in [0.25, 0.3) is 0 Å². The molecule has 0 atom stereocenters. The highest BCUT2D eigenvalue weighted by molar-refractivity contribution is 5.80. The first kappa shape index (κ1) is 11.1. The molecule has 1 N–H and O–H groups in total. The van der Waals surface area contributed by atoms with Gasteiger partial charge in [-0.15, -0.1) is 0 Å². The molecule has 1 aliphatic carbocycles. The largest absolute Gasteiger partial charge is 0.388 e. The van der Waals surface area contributed by atoms with Crippen LogP contribution in [-0.2, 0) is 0 Å². The summed E-state index contributed by atoms with van der Waals surface area (Å²) >= 11 is 0. The first-order chi connectivity index (χ1) is 8.83. The summed E-state index contributed by atoms with van der Waals surface area (Å²) in [6.45, 7) is 7.24. The number of nitrogens with one attached hydrogen (secondary N) is 1. The predicted molar refractivity (Wildman–Crippen MR) is 76.5 cm³/mol. The van der Waals surface area contributed by atoms with Gasteiger partial charge in [0.15, 0.2) is 0 Å². The monoisotopic (exact) mass is 235 g/mol. The highest BCUT2D eigenvalue weighted by atomic mass is 14.9. The van der Waals surface area contributed by atoms with Gasteiger partial charge in [0.1, 0.15) is 0 Å². The third-order valence-electron chi connectivity index (χ3n) is 3.59. The fraction of sp³-hybridized carbons (Fsp3) is 0.176. The molecule has 1 nitrogen and oxygen atoms in total. The van der Waals surface area contributed by atoms with Gasteiger partial charge in [-0.05, 0) is 29.2 Å². The molecule has 3 rings (SSSR count). The molecular weight excluding hydrogens is 218 g/mol. The molecule has 0 aromatic heterocycles. The van der Waals surface area contributed by atoms with Gasteiger partial charge in [-0.2, -0.15) is 0 Å². The van der Waals surface area contributed by atoms with E-state index in [1.807, 2.05) is 0 Å². The number of benzene rings is 2. The van der Waals surface area contributed by atoms with E-state index in [-0.39, 0.29) is 5.92 Å². The van der Waals surface area contributed by atoms with Crippen molar-refractivity contribution in [1.29, 1.82) is 0 Å². The molecule has 0 spiro atoms. The van der Waals surface area contributed by atoms with E-state index in [2.05, 4.69) is 67.4 Å². The molecule has 0 amide bonds. The summed E-state index contributed by atoms with van der Waals surface area (Å²) in [5.74, 6) is 0.289. The highest BCUT2D eigenvalue weighted by Gasteiger charge is 2.29. The van der Waals surface area contributed by atoms with E-state index < -0.39 is 0 Å². The Morgan fingerprint density at radius 3 is 2.00 bits per heavy atom. The molecule has 0 aliphatic heterocycles. The molecule has 0 bridgehead atoms. The molecule has 1 heteroatoms. The molecule has 1 aliphatic rings. The average molecular weight is 235 g/mol. The summed E-state index contributed by atoms with van der Waals surface area (Å²) in [5.41, 5.74) is 6.51. The van der Waals surface area contributed by atoms with E-state index in [1.54, 1.807) is 0 Å². The lowest BCUT2D eigenvalue weighted by atomic mass is 9.94. The summed E-state index contributed by atoms with van der Waals surface area (Å²) in [6, 6.07) is 17.3. The van der Waals surface area contributed by atoms with Gasteiger partial charge in [-0.25, -0.2) is 0 Å². The molecular formula is C17H17N. The van der Waals surface area contributed by atoms with E-state index >= 15 is 0 Å². The minimum absolute atomic E-state index is 0.289. The van der Waals surface area contributed by atoms with Crippen LogP contribution in [0, 0.1) is 0 Å². The van der Waals surface area contributed by atoms with Crippen LogP contribution < -0.4 is 5.32 Å². The topological polar surface area (TPSA) is 12.0 Å². The quantitative estimate of drug-likeness (QED) is 0.850. The normalized spacial score (nSPS) is 12.9. The lowest BCUT2D eigenvalue weighted by Gasteiger charge is -2.17. The smallest absolute Gasteiger partial charge is 0.0493 e. The summed E-state index contributed by atoms with van der Waals surface area (Å²) in [6.07, 6.45) is 0. The van der Waals surface area contributed by atoms with Gasteiger partial charge in [0.05, 0.1) is 0 Å². The Morgan fingerprint density at radius 1 is 1.00 bits per heavy atom. The van der Waals surface area contributed by atoms with Crippen LogP contribution >= 0.6 is 0 Å². The number of hydrogen-bond acceptors (Lipinski definition) is 1. The SMILES string of the molecule is C=C(NCC)C1c2ccccc2-c2ccccc21. The van der Waals surface area contributed by atoms with Crippen LogP contribution in [0.15, 0.2) is 60.8 Å². The van der Waals surface area contributed by atoms with Crippen molar-refractivity contribution >= 4 is 0 Å². The van der Waals surface area contributed by atoms with Crippen LogP contribution in [0.2, 0.25) is 0 Å². The summed E-state index contributed by atoms with van der Waals surface area (Å²) in [5, 5.41) is 3.37. The van der Waals surface area contributed by atoms with E-state index in [9.17, 15) is 0 Å². The maximum absolute atomic E-state index is 4.21. The van der Waals surface area contributed by atoms with Crippen molar-refractivity contribution in [3.63, 3.8) is 0 Å². The van der Waals surface area contributed by atoms with E-state index in [1.165, 1.54) is 22.3 Å². The van der Waals surface area contributed by atoms with Crippen molar-refractivity contribution in [3.05, 3.63) is 71.9 Å². The van der Waals surface area contributed by atoms with Gasteiger partial charge in [-0.1, -0.05) is 55.1 Å². The van der Waals surface area contributed by atoms with Crippen molar-refractivity contribution in [2.45, 2.75) is 12.8 Å². The van der Waals surface area contributed by atoms with Crippen molar-refractivity contribution in [2.24, 2.45) is 0 Å². The van der Waals surface area contributed by atoms with E-state index in [0.717, 1.165) is 12.2 Å². The Bertz CT molecular complexity index is 553. The first-order valence-electron chi connectivity index (χ1n) is 6.43. The third-order valence-corrected chi connectivity index (χ3v) is 3.59. The van der Waals surface area contributed by atoms with Crippen molar-refractivity contribution in [3.8, 4) is 11.1 Å². The van der Waals surface area contributed by atoms with Crippen LogP contribution in [-0.4, -0.2) is 6.54 Å². The number of rotatable bonds is 3. The molecule has 0 saturated carbocycles. The van der Waals surface area contributed by atoms with E-state index in [4.69, 9.17) is 0 Å². The van der Waals surface area contributed by atoms with Gasteiger partial charge < -0.3 is 5.32 Å². The fourth-order valence-corrected chi connectivity index (χ4v) is 2.86. The molecule has 0 heterocycles. The predicted octanol–water partition coefficient (Wildman–Crippen LogP) is 3.92. The van der Waals surface area contributed by atoms with Crippen LogP contribution in [0.4, 0.5) is 0 Å². The van der Waals surface area contributed by atoms with E-state index in [0.29, 0.717) is 0 Å². The molecule has 0 radical (unpaired) electrons. The van der Waals surface area contributed by atoms with Gasteiger partial charge >= 0.3 is 0 Å². The second-order valence-corrected chi connectivity index (χ2v) is 4.66. The summed E-state index contributed by atoms with van der Waals surface area (Å²) in [4.78, 5) is 0. The Labute approximate surface area is 108 Å². The van der Waals surface area contributed by atoms with Crippen LogP contribution in [0.25, 0.3) is 11.1 Å². The van der Waals surface area contributed by atoms with Crippen LogP contribution in [0.3, 0.4) is 0 Å². The number of hydrogen-bond donors (Lipinski definition) is 1. The van der Waals surface area contributed by atoms with Gasteiger partial charge in [0, 0.05) is 18.2 Å². The maximum atomic E-state index is 4.21. The third kappa shape index (κ3) is 1.55. The number of fused-ring (bicyclic) bond motifs is 3. The Morgan fingerprint density at radius 2 is 1.50 bits per heavy atom. The standard InChI is InChI=1S/C17H17N/c1-3-18-12(2)17-15-10-6-4-8-13(15)14-9-5-7-11-16(14)17/h4-11,17-18H,2-3H2,1H3. The van der Waals surface area contributed by atoms with Crippen molar-refractivity contribution in [1.82, 2.24) is 5.32 Å². The van der Waals surface area contributed by atoms with Gasteiger partial charge in [-0.3, -0.25) is 0 Å². The first-order valence-corrected chi connectivity index (χ1v) is 6.43. The molecule has 2 aromatic carbocycles. The zero-order valence-corrected chi connectivity index (χ0v) is 10.6. The molecule has 90 valence electrons. The minimum Gasteiger partial charge on any atom is -0.388 e. The number of likely N-dealkylation sites (N-methyl/N-ethyl adjacent to an activating group) is 1. The van der Waals surface area contributed by atoms with Crippen molar-refractivity contribution < 1.29 is 0 Å². The Balaban J connectivity index is 2.18. The van der Waals surface area contributed by atoms with Crippen molar-refractivity contribution in [2.75, 3.05) is 6.54 Å². The Hall–Kier alpha value is -2.02.